The van der Waals surface area contributed by atoms with Gasteiger partial charge in [0.2, 0.25) is 0 Å². The molecule has 0 radical (unpaired) electrons. The van der Waals surface area contributed by atoms with Crippen LogP contribution in [0.2, 0.25) is 5.02 Å². The largest absolute Gasteiger partial charge is 0.361 e. The number of halogens is 2. The van der Waals surface area contributed by atoms with E-state index in [1.807, 2.05) is 6.07 Å². The number of hydrogen-bond donors (Lipinski definition) is 0. The topological polar surface area (TPSA) is 46.3 Å². The lowest BCUT2D eigenvalue weighted by Gasteiger charge is -2.23. The number of benzene rings is 1. The zero-order valence-electron chi connectivity index (χ0n) is 11.5. The summed E-state index contributed by atoms with van der Waals surface area (Å²) in [4.78, 5) is 14.2. The number of hydrogen-bond acceptors (Lipinski definition) is 3. The van der Waals surface area contributed by atoms with Crippen LogP contribution in [-0.4, -0.2) is 22.5 Å². The lowest BCUT2D eigenvalue weighted by molar-refractivity contribution is 0.0726. The summed E-state index contributed by atoms with van der Waals surface area (Å²) < 4.78 is 19.0. The first-order valence-electron chi connectivity index (χ1n) is 6.75. The molecule has 1 amide bonds. The van der Waals surface area contributed by atoms with E-state index in [4.69, 9.17) is 16.1 Å². The summed E-state index contributed by atoms with van der Waals surface area (Å²) in [6.45, 7) is 2.38. The van der Waals surface area contributed by atoms with Gasteiger partial charge in [-0.3, -0.25) is 4.79 Å². The highest BCUT2D eigenvalue weighted by Gasteiger charge is 2.33. The molecule has 4 nitrogen and oxygen atoms in total. The first-order chi connectivity index (χ1) is 10.1. The van der Waals surface area contributed by atoms with E-state index in [2.05, 4.69) is 5.16 Å². The Kier molecular flexibility index (Phi) is 3.68. The van der Waals surface area contributed by atoms with Gasteiger partial charge in [-0.2, -0.15) is 0 Å². The van der Waals surface area contributed by atoms with E-state index in [9.17, 15) is 9.18 Å². The third-order valence-electron chi connectivity index (χ3n) is 3.66. The molecular weight excluding hydrogens is 295 g/mol. The highest BCUT2D eigenvalue weighted by atomic mass is 35.5. The second kappa shape index (κ2) is 5.48. The number of amides is 1. The average Bonchev–Trinajstić information content (AvgIpc) is 3.06. The van der Waals surface area contributed by atoms with Gasteiger partial charge in [-0.15, -0.1) is 0 Å². The number of rotatable bonds is 2. The Labute approximate surface area is 126 Å². The Morgan fingerprint density at radius 2 is 2.29 bits per heavy atom. The van der Waals surface area contributed by atoms with Crippen LogP contribution in [0.15, 0.2) is 28.8 Å². The summed E-state index contributed by atoms with van der Waals surface area (Å²) >= 11 is 5.72. The van der Waals surface area contributed by atoms with Crippen molar-refractivity contribution in [2.45, 2.75) is 25.8 Å². The molecule has 0 N–H and O–H groups in total. The van der Waals surface area contributed by atoms with Crippen molar-refractivity contribution >= 4 is 17.5 Å². The summed E-state index contributed by atoms with van der Waals surface area (Å²) in [6, 6.07) is 5.74. The third kappa shape index (κ3) is 2.65. The summed E-state index contributed by atoms with van der Waals surface area (Å²) in [6.07, 6.45) is 1.66. The van der Waals surface area contributed by atoms with Crippen LogP contribution in [0.4, 0.5) is 4.39 Å². The van der Waals surface area contributed by atoms with Gasteiger partial charge in [0.05, 0.1) is 11.6 Å². The second-order valence-electron chi connectivity index (χ2n) is 5.14. The zero-order valence-corrected chi connectivity index (χ0v) is 12.2. The van der Waals surface area contributed by atoms with Gasteiger partial charge < -0.3 is 9.42 Å². The minimum Gasteiger partial charge on any atom is -0.361 e. The Balaban J connectivity index is 1.89. The van der Waals surface area contributed by atoms with Crippen LogP contribution in [0.5, 0.6) is 0 Å². The Morgan fingerprint density at radius 3 is 2.95 bits per heavy atom. The van der Waals surface area contributed by atoms with Gasteiger partial charge in [0.15, 0.2) is 0 Å². The average molecular weight is 309 g/mol. The second-order valence-corrected chi connectivity index (χ2v) is 5.58. The number of likely N-dealkylation sites (tertiary alicyclic amines) is 1. The third-order valence-corrected chi connectivity index (χ3v) is 3.90. The number of carbonyl (C=O) groups excluding carboxylic acids is 1. The SMILES string of the molecule is Cc1cc(C2CCCN2C(=O)c2ccc(Cl)cc2F)no1. The van der Waals surface area contributed by atoms with Crippen molar-refractivity contribution in [3.05, 3.63) is 52.1 Å². The fourth-order valence-corrected chi connectivity index (χ4v) is 2.84. The molecule has 0 aliphatic carbocycles. The lowest BCUT2D eigenvalue weighted by atomic mass is 10.1. The maximum atomic E-state index is 13.9. The van der Waals surface area contributed by atoms with E-state index >= 15 is 0 Å². The van der Waals surface area contributed by atoms with Crippen molar-refractivity contribution in [3.63, 3.8) is 0 Å². The van der Waals surface area contributed by atoms with Gasteiger partial charge >= 0.3 is 0 Å². The Morgan fingerprint density at radius 1 is 1.48 bits per heavy atom. The molecule has 3 rings (SSSR count). The van der Waals surface area contributed by atoms with Crippen molar-refractivity contribution in [2.75, 3.05) is 6.54 Å². The molecule has 0 saturated carbocycles. The van der Waals surface area contributed by atoms with Crippen molar-refractivity contribution in [3.8, 4) is 0 Å². The molecule has 1 aliphatic rings. The van der Waals surface area contributed by atoms with Crippen LogP contribution in [0.25, 0.3) is 0 Å². The first kappa shape index (κ1) is 14.1. The van der Waals surface area contributed by atoms with E-state index in [-0.39, 0.29) is 22.5 Å². The fourth-order valence-electron chi connectivity index (χ4n) is 2.68. The predicted molar refractivity (Wildman–Crippen MR) is 75.7 cm³/mol. The highest BCUT2D eigenvalue weighted by molar-refractivity contribution is 6.30. The normalized spacial score (nSPS) is 18.2. The van der Waals surface area contributed by atoms with Crippen LogP contribution < -0.4 is 0 Å². The first-order valence-corrected chi connectivity index (χ1v) is 7.13. The molecule has 1 atom stereocenters. The molecule has 2 aromatic rings. The van der Waals surface area contributed by atoms with E-state index < -0.39 is 5.82 Å². The monoisotopic (exact) mass is 308 g/mol. The highest BCUT2D eigenvalue weighted by Crippen LogP contribution is 2.33. The molecule has 1 aliphatic heterocycles. The zero-order chi connectivity index (χ0) is 15.0. The molecule has 110 valence electrons. The molecule has 1 unspecified atom stereocenters. The van der Waals surface area contributed by atoms with Gasteiger partial charge in [-0.05, 0) is 38.0 Å². The molecule has 0 spiro atoms. The van der Waals surface area contributed by atoms with E-state index in [0.717, 1.165) is 18.9 Å². The minimum atomic E-state index is -0.602. The summed E-state index contributed by atoms with van der Waals surface area (Å²) in [7, 11) is 0. The number of aromatic nitrogens is 1. The molecule has 1 saturated heterocycles. The van der Waals surface area contributed by atoms with Crippen LogP contribution in [-0.2, 0) is 0 Å². The van der Waals surface area contributed by atoms with Crippen molar-refractivity contribution in [1.82, 2.24) is 10.1 Å². The molecule has 1 aromatic carbocycles. The molecule has 21 heavy (non-hydrogen) atoms. The number of nitrogens with zero attached hydrogens (tertiary/aromatic N) is 2. The van der Waals surface area contributed by atoms with E-state index in [0.29, 0.717) is 18.0 Å². The fraction of sp³-hybridized carbons (Fsp3) is 0.333. The Hall–Kier alpha value is -1.88. The maximum Gasteiger partial charge on any atom is 0.257 e. The van der Waals surface area contributed by atoms with E-state index in [1.54, 1.807) is 11.8 Å². The standard InChI is InChI=1S/C15H14ClFN2O2/c1-9-7-13(18-21-9)14-3-2-6-19(14)15(20)11-5-4-10(16)8-12(11)17/h4-5,7-8,14H,2-3,6H2,1H3. The minimum absolute atomic E-state index is 0.0338. The molecule has 2 heterocycles. The maximum absolute atomic E-state index is 13.9. The van der Waals surface area contributed by atoms with Crippen LogP contribution in [0.3, 0.4) is 0 Å². The van der Waals surface area contributed by atoms with Crippen LogP contribution in [0.1, 0.15) is 40.7 Å². The predicted octanol–water partition coefficient (Wildman–Crippen LogP) is 3.75. The summed E-state index contributed by atoms with van der Waals surface area (Å²) in [5.74, 6) is -0.247. The lowest BCUT2D eigenvalue weighted by Crippen LogP contribution is -2.31. The van der Waals surface area contributed by atoms with Gasteiger partial charge in [0, 0.05) is 17.6 Å². The van der Waals surface area contributed by atoms with Crippen molar-refractivity contribution < 1.29 is 13.7 Å². The Bertz CT molecular complexity index is 686. The van der Waals surface area contributed by atoms with Crippen LogP contribution in [0, 0.1) is 12.7 Å². The smallest absolute Gasteiger partial charge is 0.257 e. The van der Waals surface area contributed by atoms with Crippen molar-refractivity contribution in [1.29, 1.82) is 0 Å². The molecule has 1 aromatic heterocycles. The van der Waals surface area contributed by atoms with Crippen molar-refractivity contribution in [2.24, 2.45) is 0 Å². The van der Waals surface area contributed by atoms with Crippen LogP contribution >= 0.6 is 11.6 Å². The number of carbonyl (C=O) groups is 1. The number of aryl methyl sites for hydroxylation is 1. The molecule has 1 fully saturated rings. The molecular formula is C15H14ClFN2O2. The van der Waals surface area contributed by atoms with Gasteiger partial charge in [0.25, 0.3) is 5.91 Å². The van der Waals surface area contributed by atoms with Gasteiger partial charge in [-0.25, -0.2) is 4.39 Å². The van der Waals surface area contributed by atoms with Gasteiger partial charge in [-0.1, -0.05) is 16.8 Å². The molecule has 6 heteroatoms. The van der Waals surface area contributed by atoms with E-state index in [1.165, 1.54) is 12.1 Å². The molecule has 0 bridgehead atoms. The summed E-state index contributed by atoms with van der Waals surface area (Å²) in [5.41, 5.74) is 0.749. The quantitative estimate of drug-likeness (QED) is 0.848. The summed E-state index contributed by atoms with van der Waals surface area (Å²) in [5, 5.41) is 4.25. The van der Waals surface area contributed by atoms with Gasteiger partial charge in [0.1, 0.15) is 17.3 Å².